The zero-order valence-corrected chi connectivity index (χ0v) is 15.5. The minimum Gasteiger partial charge on any atom is -0.504 e. The number of hydrogen-bond donors (Lipinski definition) is 2. The van der Waals surface area contributed by atoms with Crippen molar-refractivity contribution < 1.29 is 33.7 Å². The van der Waals surface area contributed by atoms with E-state index in [-0.39, 0.29) is 29.4 Å². The molecule has 0 aliphatic carbocycles. The van der Waals surface area contributed by atoms with E-state index in [0.29, 0.717) is 18.6 Å². The van der Waals surface area contributed by atoms with Crippen LogP contribution in [-0.4, -0.2) is 54.2 Å². The first-order chi connectivity index (χ1) is 13.5. The Morgan fingerprint density at radius 2 is 2.04 bits per heavy atom. The molecule has 1 aliphatic heterocycles. The highest BCUT2D eigenvalue weighted by Gasteiger charge is 2.44. The lowest BCUT2D eigenvalue weighted by Gasteiger charge is -2.27. The third-order valence-electron chi connectivity index (χ3n) is 4.56. The first-order valence-electron chi connectivity index (χ1n) is 8.67. The molecule has 1 aromatic carbocycles. The molecule has 0 fully saturated rings. The molecule has 2 aromatic rings. The van der Waals surface area contributed by atoms with Crippen LogP contribution in [0, 0.1) is 0 Å². The van der Waals surface area contributed by atoms with Gasteiger partial charge in [-0.25, -0.2) is 0 Å². The van der Waals surface area contributed by atoms with Gasteiger partial charge in [0.15, 0.2) is 23.0 Å². The van der Waals surface area contributed by atoms with Crippen molar-refractivity contribution in [2.24, 2.45) is 0 Å². The molecule has 1 aliphatic rings. The van der Waals surface area contributed by atoms with Crippen LogP contribution >= 0.6 is 0 Å². The number of aliphatic hydroxyl groups is 1. The molecule has 3 rings (SSSR count). The van der Waals surface area contributed by atoms with Crippen LogP contribution in [-0.2, 0) is 9.53 Å². The summed E-state index contributed by atoms with van der Waals surface area (Å²) in [4.78, 5) is 27.1. The third-order valence-corrected chi connectivity index (χ3v) is 4.56. The van der Waals surface area contributed by atoms with Crippen LogP contribution in [0.3, 0.4) is 0 Å². The van der Waals surface area contributed by atoms with Crippen LogP contribution in [0.1, 0.15) is 28.6 Å². The monoisotopic (exact) mass is 387 g/mol. The Hall–Kier alpha value is -3.26. The van der Waals surface area contributed by atoms with E-state index < -0.39 is 23.5 Å². The van der Waals surface area contributed by atoms with Crippen molar-refractivity contribution in [3.63, 3.8) is 0 Å². The Balaban J connectivity index is 2.07. The molecule has 2 N–H and O–H groups in total. The average molecular weight is 387 g/mol. The van der Waals surface area contributed by atoms with Gasteiger partial charge in [0, 0.05) is 20.3 Å². The fraction of sp³-hybridized carbons (Fsp3) is 0.300. The summed E-state index contributed by atoms with van der Waals surface area (Å²) in [5.74, 6) is -1.71. The summed E-state index contributed by atoms with van der Waals surface area (Å²) in [6, 6.07) is 6.69. The molecule has 1 amide bonds. The number of aromatic hydroxyl groups is 1. The summed E-state index contributed by atoms with van der Waals surface area (Å²) in [6.45, 7) is 0.678. The normalized spacial score (nSPS) is 16.7. The maximum Gasteiger partial charge on any atom is 0.290 e. The molecule has 1 aromatic heterocycles. The number of aliphatic hydroxyl groups excluding tert-OH is 1. The second-order valence-electron chi connectivity index (χ2n) is 6.25. The summed E-state index contributed by atoms with van der Waals surface area (Å²) in [7, 11) is 2.95. The van der Waals surface area contributed by atoms with Gasteiger partial charge in [0.1, 0.15) is 0 Å². The molecule has 8 nitrogen and oxygen atoms in total. The Labute approximate surface area is 161 Å². The van der Waals surface area contributed by atoms with Gasteiger partial charge in [0.05, 0.1) is 25.0 Å². The number of ketones is 1. The molecular formula is C20H21NO7. The van der Waals surface area contributed by atoms with E-state index in [1.54, 1.807) is 19.2 Å². The van der Waals surface area contributed by atoms with Gasteiger partial charge < -0.3 is 29.0 Å². The molecule has 28 heavy (non-hydrogen) atoms. The highest BCUT2D eigenvalue weighted by atomic mass is 16.5. The maximum absolute atomic E-state index is 12.9. The van der Waals surface area contributed by atoms with Crippen molar-refractivity contribution >= 4 is 11.7 Å². The number of amides is 1. The smallest absolute Gasteiger partial charge is 0.290 e. The van der Waals surface area contributed by atoms with Crippen LogP contribution in [0.15, 0.2) is 52.3 Å². The second-order valence-corrected chi connectivity index (χ2v) is 6.25. The molecule has 0 saturated heterocycles. The first-order valence-corrected chi connectivity index (χ1v) is 8.67. The van der Waals surface area contributed by atoms with Gasteiger partial charge >= 0.3 is 0 Å². The predicted molar refractivity (Wildman–Crippen MR) is 98.3 cm³/mol. The maximum atomic E-state index is 12.9. The summed E-state index contributed by atoms with van der Waals surface area (Å²) in [5.41, 5.74) is 0.435. The van der Waals surface area contributed by atoms with Crippen LogP contribution in [0.4, 0.5) is 0 Å². The topological polar surface area (TPSA) is 109 Å². The van der Waals surface area contributed by atoms with E-state index in [0.717, 1.165) is 0 Å². The minimum absolute atomic E-state index is 0.0174. The Bertz CT molecular complexity index is 901. The molecule has 0 saturated carbocycles. The quantitative estimate of drug-likeness (QED) is 0.529. The molecule has 8 heteroatoms. The number of carbonyl (C=O) groups excluding carboxylic acids is 2. The number of phenols is 1. The molecule has 0 radical (unpaired) electrons. The van der Waals surface area contributed by atoms with Crippen LogP contribution in [0.25, 0.3) is 0 Å². The fourth-order valence-electron chi connectivity index (χ4n) is 3.25. The molecule has 0 spiro atoms. The van der Waals surface area contributed by atoms with Crippen LogP contribution in [0.5, 0.6) is 11.5 Å². The van der Waals surface area contributed by atoms with Crippen molar-refractivity contribution in [2.75, 3.05) is 27.4 Å². The van der Waals surface area contributed by atoms with E-state index in [2.05, 4.69) is 0 Å². The van der Waals surface area contributed by atoms with E-state index in [1.807, 2.05) is 0 Å². The number of ether oxygens (including phenoxy) is 2. The summed E-state index contributed by atoms with van der Waals surface area (Å²) in [5, 5.41) is 20.4. The Morgan fingerprint density at radius 1 is 1.25 bits per heavy atom. The van der Waals surface area contributed by atoms with E-state index in [1.165, 1.54) is 36.5 Å². The zero-order chi connectivity index (χ0) is 20.3. The first kappa shape index (κ1) is 19.5. The highest BCUT2D eigenvalue weighted by molar-refractivity contribution is 6.15. The van der Waals surface area contributed by atoms with Gasteiger partial charge in [0.25, 0.3) is 5.91 Å². The molecule has 148 valence electrons. The molecule has 1 atom stereocenters. The highest BCUT2D eigenvalue weighted by Crippen LogP contribution is 2.41. The van der Waals surface area contributed by atoms with Gasteiger partial charge in [0.2, 0.25) is 5.78 Å². The zero-order valence-electron chi connectivity index (χ0n) is 15.5. The SMILES string of the molecule is COCCCN1C(=O)C(O)=C(C(=O)c2ccco2)[C@@H]1c1ccc(O)c(OC)c1. The Kier molecular flexibility index (Phi) is 5.70. The number of carbonyl (C=O) groups is 2. The number of phenolic OH excluding ortho intramolecular Hbond substituents is 1. The van der Waals surface area contributed by atoms with Gasteiger partial charge in [-0.1, -0.05) is 6.07 Å². The van der Waals surface area contributed by atoms with Crippen LogP contribution < -0.4 is 4.74 Å². The van der Waals surface area contributed by atoms with E-state index in [4.69, 9.17) is 13.9 Å². The van der Waals surface area contributed by atoms with Crippen molar-refractivity contribution in [1.82, 2.24) is 4.90 Å². The van der Waals surface area contributed by atoms with Crippen LogP contribution in [0.2, 0.25) is 0 Å². The van der Waals surface area contributed by atoms with Crippen molar-refractivity contribution in [1.29, 1.82) is 0 Å². The van der Waals surface area contributed by atoms with Crippen molar-refractivity contribution in [2.45, 2.75) is 12.5 Å². The van der Waals surface area contributed by atoms with Gasteiger partial charge in [-0.05, 0) is 36.2 Å². The predicted octanol–water partition coefficient (Wildman–Crippen LogP) is 2.61. The lowest BCUT2D eigenvalue weighted by Crippen LogP contribution is -2.32. The average Bonchev–Trinajstić information content (AvgIpc) is 3.31. The number of Topliss-reactive ketones (excluding diaryl/α,β-unsaturated/α-hetero) is 1. The largest absolute Gasteiger partial charge is 0.504 e. The van der Waals surface area contributed by atoms with E-state index in [9.17, 15) is 19.8 Å². The molecule has 0 bridgehead atoms. The third kappa shape index (κ3) is 3.46. The van der Waals surface area contributed by atoms with Gasteiger partial charge in [-0.3, -0.25) is 9.59 Å². The number of nitrogens with zero attached hydrogens (tertiary/aromatic N) is 1. The molecule has 0 unspecified atom stereocenters. The minimum atomic E-state index is -0.851. The summed E-state index contributed by atoms with van der Waals surface area (Å²) in [6.07, 6.45) is 1.86. The molecule has 2 heterocycles. The summed E-state index contributed by atoms with van der Waals surface area (Å²) >= 11 is 0. The molecular weight excluding hydrogens is 366 g/mol. The number of benzene rings is 1. The van der Waals surface area contributed by atoms with Gasteiger partial charge in [-0.15, -0.1) is 0 Å². The Morgan fingerprint density at radius 3 is 2.68 bits per heavy atom. The lowest BCUT2D eigenvalue weighted by molar-refractivity contribution is -0.129. The number of methoxy groups -OCH3 is 2. The standard InChI is InChI=1S/C20H21NO7/c1-26-9-4-8-21-17(12-6-7-13(22)15(11-12)27-2)16(19(24)20(21)25)18(23)14-5-3-10-28-14/h3,5-7,10-11,17,22,24H,4,8-9H2,1-2H3/t17-/m0/s1. The van der Waals surface area contributed by atoms with E-state index >= 15 is 0 Å². The van der Waals surface area contributed by atoms with Crippen molar-refractivity contribution in [3.05, 3.63) is 59.3 Å². The van der Waals surface area contributed by atoms with Gasteiger partial charge in [-0.2, -0.15) is 0 Å². The number of furan rings is 1. The summed E-state index contributed by atoms with van der Waals surface area (Å²) < 4.78 is 15.4. The lowest BCUT2D eigenvalue weighted by atomic mass is 9.94. The second kappa shape index (κ2) is 8.18. The number of rotatable bonds is 8. The number of hydrogen-bond acceptors (Lipinski definition) is 7. The fourth-order valence-corrected chi connectivity index (χ4v) is 3.25. The van der Waals surface area contributed by atoms with Crippen molar-refractivity contribution in [3.8, 4) is 11.5 Å².